The minimum absolute atomic E-state index is 0.0115. The monoisotopic (exact) mass is 995 g/mol. The third-order valence-corrected chi connectivity index (χ3v) is 16.0. The largest absolute Gasteiger partial charge is 0.391 e. The van der Waals surface area contributed by atoms with Crippen LogP contribution in [0.4, 0.5) is 5.69 Å². The Hall–Kier alpha value is -6.37. The van der Waals surface area contributed by atoms with Crippen LogP contribution < -0.4 is 20.9 Å². The van der Waals surface area contributed by atoms with Gasteiger partial charge >= 0.3 is 0 Å². The van der Waals surface area contributed by atoms with Gasteiger partial charge in [-0.15, -0.1) is 11.3 Å². The van der Waals surface area contributed by atoms with Gasteiger partial charge in [0.2, 0.25) is 23.6 Å². The van der Waals surface area contributed by atoms with Crippen molar-refractivity contribution in [2.75, 3.05) is 24.5 Å². The van der Waals surface area contributed by atoms with Gasteiger partial charge in [-0.3, -0.25) is 24.0 Å². The second-order valence-electron chi connectivity index (χ2n) is 21.6. The fraction of sp³-hybridized carbons (Fsp3) is 0.491. The quantitative estimate of drug-likeness (QED) is 0.0567. The number of amides is 4. The molecule has 14 nitrogen and oxygen atoms in total. The summed E-state index contributed by atoms with van der Waals surface area (Å²) < 4.78 is 0. The number of unbranched alkanes of at least 4 members (excludes halogenated alkanes) is 4. The van der Waals surface area contributed by atoms with Crippen molar-refractivity contribution in [3.8, 4) is 16.5 Å². The number of rotatable bonds is 17. The number of β-amino-alcohol motifs (C(OH)–C–C–N with tert-alkyl or cyclic N) is 1. The van der Waals surface area contributed by atoms with Crippen molar-refractivity contribution < 1.29 is 29.1 Å². The Morgan fingerprint density at radius 2 is 1.67 bits per heavy atom. The molecule has 2 aromatic heterocycles. The van der Waals surface area contributed by atoms with E-state index in [0.29, 0.717) is 24.0 Å². The van der Waals surface area contributed by atoms with E-state index in [9.17, 15) is 34.3 Å². The highest BCUT2D eigenvalue weighted by atomic mass is 32.1. The fourth-order valence-corrected chi connectivity index (χ4v) is 11.6. The van der Waals surface area contributed by atoms with Gasteiger partial charge in [-0.2, -0.15) is 5.26 Å². The zero-order valence-electron chi connectivity index (χ0n) is 42.9. The van der Waals surface area contributed by atoms with Gasteiger partial charge in [-0.1, -0.05) is 91.1 Å². The number of benzene rings is 3. The Balaban J connectivity index is 0.746. The molecule has 0 spiro atoms. The average Bonchev–Trinajstić information content (AvgIpc) is 4.10. The van der Waals surface area contributed by atoms with Crippen molar-refractivity contribution in [3.63, 3.8) is 0 Å². The molecule has 1 unspecified atom stereocenters. The van der Waals surface area contributed by atoms with Crippen LogP contribution in [0.5, 0.6) is 0 Å². The first kappa shape index (κ1) is 52.0. The van der Waals surface area contributed by atoms with Gasteiger partial charge in [0, 0.05) is 84.7 Å². The number of hydrogen-bond donors (Lipinski definition) is 5. The molecule has 5 aromatic rings. The summed E-state index contributed by atoms with van der Waals surface area (Å²) in [6.07, 6.45) is 6.38. The van der Waals surface area contributed by atoms with Crippen LogP contribution in [0.25, 0.3) is 21.3 Å². The molecule has 0 radical (unpaired) electrons. The molecular formula is C57H70N8O6S. The van der Waals surface area contributed by atoms with Gasteiger partial charge < -0.3 is 35.8 Å². The Bertz CT molecular complexity index is 2880. The topological polar surface area (TPSA) is 201 Å². The number of carbonyl (C=O) groups is 5. The van der Waals surface area contributed by atoms with Gasteiger partial charge in [0.25, 0.3) is 0 Å². The lowest BCUT2D eigenvalue weighted by Gasteiger charge is -2.38. The number of hydrogen-bond acceptors (Lipinski definition) is 10. The van der Waals surface area contributed by atoms with Crippen LogP contribution in [0.3, 0.4) is 0 Å². The number of aliphatic hydroxyl groups is 1. The molecule has 380 valence electrons. The van der Waals surface area contributed by atoms with Crippen molar-refractivity contribution in [3.05, 3.63) is 105 Å². The lowest BCUT2D eigenvalue weighted by Crippen LogP contribution is -2.57. The lowest BCUT2D eigenvalue weighted by molar-refractivity contribution is -0.144. The first-order valence-electron chi connectivity index (χ1n) is 25.8. The molecule has 2 fully saturated rings. The standard InChI is InChI=1S/C57H70N8O6S/c1-8-37-27-42-43(57(6,7)52-49(50(42)69)41-21-18-36(30-58)26-44(41)62-52)29-45(37)64-24-22-39(23-25-64)61-47(67)14-12-10-9-11-13-15-48(68)63-53(56(3,4)5)55(71)65-32-40(66)28-46(65)54(70)59-31-35-16-19-38(20-17-35)51-34(2)60-33-72-51/h16-21,26-27,29,33,39-40,46,53,62,66H,8-15,22-25,28,31-32H2,1-7H3,(H,59,70)(H,61,67)(H,63,68)/t40-,46+,53?/m1/s1. The summed E-state index contributed by atoms with van der Waals surface area (Å²) in [5.41, 5.74) is 10.6. The van der Waals surface area contributed by atoms with E-state index in [1.807, 2.05) is 69.6 Å². The summed E-state index contributed by atoms with van der Waals surface area (Å²) in [7, 11) is 0. The van der Waals surface area contributed by atoms with Gasteiger partial charge in [0.05, 0.1) is 39.4 Å². The molecule has 2 aliphatic heterocycles. The normalized spacial score (nSPS) is 18.1. The second-order valence-corrected chi connectivity index (χ2v) is 22.5. The maximum atomic E-state index is 14.1. The number of nitriles is 1. The maximum Gasteiger partial charge on any atom is 0.246 e. The van der Waals surface area contributed by atoms with Gasteiger partial charge in [0.1, 0.15) is 12.1 Å². The number of fused-ring (bicyclic) bond motifs is 4. The summed E-state index contributed by atoms with van der Waals surface area (Å²) in [6, 6.07) is 18.2. The fourth-order valence-electron chi connectivity index (χ4n) is 10.8. The molecule has 1 aliphatic carbocycles. The molecule has 3 aromatic carbocycles. The highest BCUT2D eigenvalue weighted by molar-refractivity contribution is 7.13. The van der Waals surface area contributed by atoms with Crippen molar-refractivity contribution in [1.82, 2.24) is 30.8 Å². The molecular weight excluding hydrogens is 925 g/mol. The molecule has 0 saturated carbocycles. The number of carbonyl (C=O) groups excluding carboxylic acids is 5. The number of nitrogens with one attached hydrogen (secondary N) is 4. The average molecular weight is 995 g/mol. The van der Waals surface area contributed by atoms with E-state index in [2.05, 4.69) is 69.8 Å². The smallest absolute Gasteiger partial charge is 0.246 e. The highest BCUT2D eigenvalue weighted by Crippen LogP contribution is 2.46. The van der Waals surface area contributed by atoms with Gasteiger partial charge in [-0.25, -0.2) is 4.98 Å². The Morgan fingerprint density at radius 3 is 2.32 bits per heavy atom. The molecule has 3 atom stereocenters. The highest BCUT2D eigenvalue weighted by Gasteiger charge is 2.45. The molecule has 3 aliphatic rings. The number of thiazole rings is 1. The number of H-pyrrole nitrogens is 1. The number of aryl methyl sites for hydroxylation is 2. The van der Waals surface area contributed by atoms with E-state index in [4.69, 9.17) is 0 Å². The molecule has 4 amide bonds. The number of aromatic amines is 1. The van der Waals surface area contributed by atoms with Gasteiger partial charge in [0.15, 0.2) is 5.78 Å². The first-order valence-corrected chi connectivity index (χ1v) is 26.6. The zero-order chi connectivity index (χ0) is 51.5. The third kappa shape index (κ3) is 11.1. The second kappa shape index (κ2) is 21.8. The van der Waals surface area contributed by atoms with E-state index in [0.717, 1.165) is 119 Å². The molecule has 72 heavy (non-hydrogen) atoms. The predicted molar refractivity (Wildman–Crippen MR) is 282 cm³/mol. The molecule has 2 saturated heterocycles. The van der Waals surface area contributed by atoms with Crippen LogP contribution in [0.2, 0.25) is 0 Å². The van der Waals surface area contributed by atoms with Crippen LogP contribution in [0, 0.1) is 23.7 Å². The number of piperidine rings is 1. The van der Waals surface area contributed by atoms with E-state index < -0.39 is 29.0 Å². The van der Waals surface area contributed by atoms with Crippen LogP contribution in [-0.2, 0) is 37.6 Å². The molecule has 5 N–H and O–H groups in total. The van der Waals surface area contributed by atoms with Crippen molar-refractivity contribution in [2.24, 2.45) is 5.41 Å². The number of ketones is 1. The van der Waals surface area contributed by atoms with Gasteiger partial charge in [-0.05, 0) is 91.0 Å². The number of likely N-dealkylation sites (tertiary alicyclic amines) is 1. The van der Waals surface area contributed by atoms with Crippen LogP contribution in [0.1, 0.15) is 155 Å². The number of aromatic nitrogens is 2. The van der Waals surface area contributed by atoms with E-state index in [1.54, 1.807) is 17.4 Å². The third-order valence-electron chi connectivity index (χ3n) is 15.0. The molecule has 0 bridgehead atoms. The molecule has 15 heteroatoms. The Morgan fingerprint density at radius 1 is 0.972 bits per heavy atom. The van der Waals surface area contributed by atoms with Crippen molar-refractivity contribution >= 4 is 57.3 Å². The Kier molecular flexibility index (Phi) is 15.7. The van der Waals surface area contributed by atoms with Crippen molar-refractivity contribution in [2.45, 2.75) is 155 Å². The maximum absolute atomic E-state index is 14.1. The number of anilines is 1. The SMILES string of the molecule is CCc1cc2c(cc1N1CCC(NC(=O)CCCCCCCC(=O)NC(C(=O)N3C[C@H](O)C[C@H]3C(=O)NCc3ccc(-c4scnc4C)cc3)C(C)(C)C)CC1)C(C)(C)c1[nH]c3cc(C#N)ccc3c1C2=O. The van der Waals surface area contributed by atoms with E-state index in [-0.39, 0.29) is 61.4 Å². The summed E-state index contributed by atoms with van der Waals surface area (Å²) in [4.78, 5) is 80.8. The minimum atomic E-state index is -0.881. The van der Waals surface area contributed by atoms with Crippen LogP contribution in [-0.4, -0.2) is 93.3 Å². The summed E-state index contributed by atoms with van der Waals surface area (Å²) in [5, 5.41) is 30.1. The predicted octanol–water partition coefficient (Wildman–Crippen LogP) is 8.53. The molecule has 8 rings (SSSR count). The first-order chi connectivity index (χ1) is 34.4. The van der Waals surface area contributed by atoms with E-state index in [1.165, 1.54) is 4.90 Å². The number of nitrogens with zero attached hydrogens (tertiary/aromatic N) is 4. The van der Waals surface area contributed by atoms with E-state index >= 15 is 0 Å². The van der Waals surface area contributed by atoms with Crippen LogP contribution in [0.15, 0.2) is 60.1 Å². The summed E-state index contributed by atoms with van der Waals surface area (Å²) in [5.74, 6) is -0.890. The summed E-state index contributed by atoms with van der Waals surface area (Å²) in [6.45, 7) is 15.9. The Labute approximate surface area is 427 Å². The number of aliphatic hydroxyl groups excluding tert-OH is 1. The lowest BCUT2D eigenvalue weighted by atomic mass is 9.70. The van der Waals surface area contributed by atoms with Crippen LogP contribution >= 0.6 is 11.3 Å². The zero-order valence-corrected chi connectivity index (χ0v) is 43.7. The minimum Gasteiger partial charge on any atom is -0.391 e. The van der Waals surface area contributed by atoms with Crippen molar-refractivity contribution in [1.29, 1.82) is 5.26 Å². The summed E-state index contributed by atoms with van der Waals surface area (Å²) >= 11 is 1.58. The molecule has 4 heterocycles.